The number of nitrogens with two attached hydrogens (primary N) is 1. The van der Waals surface area contributed by atoms with Gasteiger partial charge in [-0.05, 0) is 45.4 Å². The van der Waals surface area contributed by atoms with Gasteiger partial charge >= 0.3 is 0 Å². The second-order valence-electron chi connectivity index (χ2n) is 7.28. The lowest BCUT2D eigenvalue weighted by molar-refractivity contribution is -0.134. The number of piperidine rings is 1. The van der Waals surface area contributed by atoms with E-state index in [0.717, 1.165) is 38.8 Å². The zero-order chi connectivity index (χ0) is 15.4. The normalized spacial score (nSPS) is 28.8. The molecule has 4 nitrogen and oxygen atoms in total. The molecule has 0 bridgehead atoms. The first-order valence-corrected chi connectivity index (χ1v) is 8.74. The van der Waals surface area contributed by atoms with Crippen molar-refractivity contribution in [3.05, 3.63) is 0 Å². The van der Waals surface area contributed by atoms with Gasteiger partial charge in [-0.15, -0.1) is 0 Å². The summed E-state index contributed by atoms with van der Waals surface area (Å²) in [6.07, 6.45) is 7.56. The highest BCUT2D eigenvalue weighted by molar-refractivity contribution is 5.76. The summed E-state index contributed by atoms with van der Waals surface area (Å²) in [5.41, 5.74) is 6.18. The Bertz CT molecular complexity index is 337. The lowest BCUT2D eigenvalue weighted by Gasteiger charge is -2.39. The van der Waals surface area contributed by atoms with Gasteiger partial charge < -0.3 is 15.5 Å². The Morgan fingerprint density at radius 3 is 2.38 bits per heavy atom. The van der Waals surface area contributed by atoms with Gasteiger partial charge in [0.15, 0.2) is 0 Å². The molecule has 1 aliphatic carbocycles. The van der Waals surface area contributed by atoms with Crippen molar-refractivity contribution >= 4 is 5.91 Å². The zero-order valence-corrected chi connectivity index (χ0v) is 14.1. The zero-order valence-electron chi connectivity index (χ0n) is 14.1. The monoisotopic (exact) mass is 295 g/mol. The topological polar surface area (TPSA) is 49.6 Å². The van der Waals surface area contributed by atoms with E-state index in [1.54, 1.807) is 0 Å². The van der Waals surface area contributed by atoms with E-state index in [4.69, 9.17) is 5.73 Å². The number of nitrogens with zero attached hydrogens (tertiary/aromatic N) is 2. The van der Waals surface area contributed by atoms with Gasteiger partial charge in [-0.3, -0.25) is 4.79 Å². The maximum Gasteiger partial charge on any atom is 0.222 e. The minimum absolute atomic E-state index is 0.235. The highest BCUT2D eigenvalue weighted by Gasteiger charge is 2.29. The highest BCUT2D eigenvalue weighted by Crippen LogP contribution is 2.27. The molecule has 2 unspecified atom stereocenters. The van der Waals surface area contributed by atoms with Gasteiger partial charge in [-0.25, -0.2) is 0 Å². The number of hydrogen-bond acceptors (Lipinski definition) is 3. The number of rotatable bonds is 4. The smallest absolute Gasteiger partial charge is 0.222 e. The van der Waals surface area contributed by atoms with Crippen LogP contribution in [-0.4, -0.2) is 54.0 Å². The molecule has 0 aromatic carbocycles. The molecule has 1 saturated carbocycles. The van der Waals surface area contributed by atoms with Gasteiger partial charge in [-0.1, -0.05) is 12.8 Å². The number of likely N-dealkylation sites (tertiary alicyclic amines) is 1. The van der Waals surface area contributed by atoms with Crippen LogP contribution in [0.2, 0.25) is 0 Å². The third kappa shape index (κ3) is 4.43. The molecule has 0 radical (unpaired) electrons. The summed E-state index contributed by atoms with van der Waals surface area (Å²) >= 11 is 0. The van der Waals surface area contributed by atoms with Crippen molar-refractivity contribution in [1.82, 2.24) is 9.80 Å². The summed E-state index contributed by atoms with van der Waals surface area (Å²) in [6, 6.07) is 1.28. The van der Waals surface area contributed by atoms with Gasteiger partial charge in [0.25, 0.3) is 0 Å². The van der Waals surface area contributed by atoms with Crippen LogP contribution in [0.25, 0.3) is 0 Å². The van der Waals surface area contributed by atoms with Crippen LogP contribution in [0.3, 0.4) is 0 Å². The van der Waals surface area contributed by atoms with E-state index in [1.807, 2.05) is 11.9 Å². The second kappa shape index (κ2) is 7.59. The van der Waals surface area contributed by atoms with Crippen molar-refractivity contribution in [3.63, 3.8) is 0 Å². The molecule has 2 atom stereocenters. The van der Waals surface area contributed by atoms with Crippen molar-refractivity contribution in [3.8, 4) is 0 Å². The Morgan fingerprint density at radius 2 is 1.81 bits per heavy atom. The largest absolute Gasteiger partial charge is 0.343 e. The molecule has 4 heteroatoms. The molecule has 0 spiro atoms. The predicted molar refractivity (Wildman–Crippen MR) is 87.1 cm³/mol. The minimum atomic E-state index is 0.235. The standard InChI is InChI=1S/C17H33N3O/c1-13(2)20-10-8-15(9-11-20)19(3)17(21)12-14-6-4-5-7-16(14)18/h13-16H,4-12,18H2,1-3H3. The molecule has 0 aromatic heterocycles. The molecule has 122 valence electrons. The van der Waals surface area contributed by atoms with Crippen LogP contribution in [0.4, 0.5) is 0 Å². The average molecular weight is 295 g/mol. The third-order valence-electron chi connectivity index (χ3n) is 5.58. The van der Waals surface area contributed by atoms with Gasteiger partial charge in [0.05, 0.1) is 0 Å². The van der Waals surface area contributed by atoms with Crippen molar-refractivity contribution in [2.75, 3.05) is 20.1 Å². The van der Waals surface area contributed by atoms with Gasteiger partial charge in [-0.2, -0.15) is 0 Å². The number of carbonyl (C=O) groups is 1. The van der Waals surface area contributed by atoms with Crippen LogP contribution in [0, 0.1) is 5.92 Å². The van der Waals surface area contributed by atoms with Crippen molar-refractivity contribution in [2.24, 2.45) is 11.7 Å². The predicted octanol–water partition coefficient (Wildman–Crippen LogP) is 2.23. The SMILES string of the molecule is CC(C)N1CCC(N(C)C(=O)CC2CCCCC2N)CC1. The Morgan fingerprint density at radius 1 is 1.19 bits per heavy atom. The van der Waals surface area contributed by atoms with Crippen molar-refractivity contribution in [1.29, 1.82) is 0 Å². The average Bonchev–Trinajstić information content (AvgIpc) is 2.49. The summed E-state index contributed by atoms with van der Waals surface area (Å²) in [5.74, 6) is 0.713. The fourth-order valence-electron chi connectivity index (χ4n) is 3.85. The van der Waals surface area contributed by atoms with E-state index in [2.05, 4.69) is 18.7 Å². The first-order valence-electron chi connectivity index (χ1n) is 8.74. The van der Waals surface area contributed by atoms with E-state index in [9.17, 15) is 4.79 Å². The second-order valence-corrected chi connectivity index (χ2v) is 7.28. The van der Waals surface area contributed by atoms with Crippen molar-refractivity contribution in [2.45, 2.75) is 76.9 Å². The number of carbonyl (C=O) groups excluding carboxylic acids is 1. The molecule has 1 aliphatic heterocycles. The first-order chi connectivity index (χ1) is 9.99. The van der Waals surface area contributed by atoms with E-state index in [0.29, 0.717) is 30.3 Å². The van der Waals surface area contributed by atoms with Gasteiger partial charge in [0, 0.05) is 44.7 Å². The molecule has 1 heterocycles. The van der Waals surface area contributed by atoms with Crippen molar-refractivity contribution < 1.29 is 4.79 Å². The van der Waals surface area contributed by atoms with Crippen LogP contribution >= 0.6 is 0 Å². The third-order valence-corrected chi connectivity index (χ3v) is 5.58. The molecule has 2 aliphatic rings. The van der Waals surface area contributed by atoms with E-state index in [-0.39, 0.29) is 6.04 Å². The fourth-order valence-corrected chi connectivity index (χ4v) is 3.85. The molecule has 1 amide bonds. The molecule has 1 saturated heterocycles. The maximum absolute atomic E-state index is 12.5. The van der Waals surface area contributed by atoms with Crippen LogP contribution in [0.5, 0.6) is 0 Å². The Hall–Kier alpha value is -0.610. The lowest BCUT2D eigenvalue weighted by Crippen LogP contribution is -2.48. The van der Waals surface area contributed by atoms with Crippen LogP contribution < -0.4 is 5.73 Å². The number of amides is 1. The van der Waals surface area contributed by atoms with Gasteiger partial charge in [0.1, 0.15) is 0 Å². The van der Waals surface area contributed by atoms with Crippen LogP contribution in [0.15, 0.2) is 0 Å². The molecular formula is C17H33N3O. The fraction of sp³-hybridized carbons (Fsp3) is 0.941. The first kappa shape index (κ1) is 16.8. The van der Waals surface area contributed by atoms with E-state index >= 15 is 0 Å². The maximum atomic E-state index is 12.5. The number of hydrogen-bond donors (Lipinski definition) is 1. The molecule has 2 fully saturated rings. The van der Waals surface area contributed by atoms with E-state index < -0.39 is 0 Å². The Balaban J connectivity index is 1.80. The lowest BCUT2D eigenvalue weighted by atomic mass is 9.82. The molecule has 0 aromatic rings. The summed E-state index contributed by atoms with van der Waals surface area (Å²) < 4.78 is 0. The van der Waals surface area contributed by atoms with Crippen LogP contribution in [0.1, 0.15) is 58.8 Å². The Labute approximate surface area is 130 Å². The summed E-state index contributed by atoms with van der Waals surface area (Å²) in [7, 11) is 1.99. The summed E-state index contributed by atoms with van der Waals surface area (Å²) in [6.45, 7) is 6.73. The van der Waals surface area contributed by atoms with Crippen LogP contribution in [-0.2, 0) is 4.79 Å². The van der Waals surface area contributed by atoms with Gasteiger partial charge in [0.2, 0.25) is 5.91 Å². The summed E-state index contributed by atoms with van der Waals surface area (Å²) in [4.78, 5) is 17.0. The molecular weight excluding hydrogens is 262 g/mol. The van der Waals surface area contributed by atoms with E-state index in [1.165, 1.54) is 12.8 Å². The highest BCUT2D eigenvalue weighted by atomic mass is 16.2. The minimum Gasteiger partial charge on any atom is -0.343 e. The molecule has 21 heavy (non-hydrogen) atoms. The Kier molecular flexibility index (Phi) is 6.06. The molecule has 2 N–H and O–H groups in total. The quantitative estimate of drug-likeness (QED) is 0.865. The molecule has 2 rings (SSSR count). The summed E-state index contributed by atoms with van der Waals surface area (Å²) in [5, 5.41) is 0.